The fraction of sp³-hybridized carbons (Fsp3) is 0.714. The van der Waals surface area contributed by atoms with Crippen LogP contribution in [0.1, 0.15) is 32.4 Å². The molecular weight excluding hydrogens is 284 g/mol. The Morgan fingerprint density at radius 2 is 2.27 bits per heavy atom. The van der Waals surface area contributed by atoms with E-state index in [0.717, 1.165) is 6.42 Å². The van der Waals surface area contributed by atoms with E-state index in [1.165, 1.54) is 0 Å². The molecule has 3 atom stereocenters. The first-order chi connectivity index (χ1) is 10.6. The number of carbonyl (C=O) groups excluding carboxylic acids is 2. The van der Waals surface area contributed by atoms with Crippen LogP contribution < -0.4 is 10.6 Å². The Hall–Kier alpha value is -2.12. The normalized spacial score (nSPS) is 27.1. The highest BCUT2D eigenvalue weighted by Gasteiger charge is 2.44. The number of aromatic nitrogens is 3. The van der Waals surface area contributed by atoms with Crippen molar-refractivity contribution in [1.29, 1.82) is 0 Å². The van der Waals surface area contributed by atoms with Gasteiger partial charge in [0, 0.05) is 19.0 Å². The average Bonchev–Trinajstić information content (AvgIpc) is 2.89. The van der Waals surface area contributed by atoms with Gasteiger partial charge in [-0.15, -0.1) is 0 Å². The topological polar surface area (TPSA) is 92.2 Å². The van der Waals surface area contributed by atoms with E-state index in [4.69, 9.17) is 0 Å². The number of rotatable bonds is 5. The summed E-state index contributed by atoms with van der Waals surface area (Å²) in [6, 6.07) is 0.00705. The van der Waals surface area contributed by atoms with Gasteiger partial charge >= 0.3 is 6.03 Å². The van der Waals surface area contributed by atoms with E-state index in [2.05, 4.69) is 27.8 Å². The van der Waals surface area contributed by atoms with Crippen molar-refractivity contribution in [2.45, 2.75) is 51.9 Å². The third-order valence-electron chi connectivity index (χ3n) is 4.26. The lowest BCUT2D eigenvalue weighted by Crippen LogP contribution is -2.43. The molecule has 2 fully saturated rings. The molecule has 1 saturated heterocycles. The molecule has 22 heavy (non-hydrogen) atoms. The second-order valence-electron chi connectivity index (χ2n) is 6.08. The van der Waals surface area contributed by atoms with Gasteiger partial charge in [0.15, 0.2) is 0 Å². The highest BCUT2D eigenvalue weighted by Crippen LogP contribution is 2.37. The number of urea groups is 1. The van der Waals surface area contributed by atoms with Crippen molar-refractivity contribution in [2.24, 2.45) is 5.92 Å². The molecule has 2 N–H and O–H groups in total. The minimum absolute atomic E-state index is 0.105. The molecule has 120 valence electrons. The first-order valence-corrected chi connectivity index (χ1v) is 7.79. The van der Waals surface area contributed by atoms with Crippen molar-refractivity contribution in [3.63, 3.8) is 0 Å². The fourth-order valence-electron chi connectivity index (χ4n) is 2.86. The van der Waals surface area contributed by atoms with E-state index in [0.29, 0.717) is 43.7 Å². The van der Waals surface area contributed by atoms with Gasteiger partial charge in [0.2, 0.25) is 5.91 Å². The number of aryl methyl sites for hydroxylation is 1. The number of likely N-dealkylation sites (tertiary alicyclic amines) is 1. The van der Waals surface area contributed by atoms with Gasteiger partial charge in [0.05, 0.1) is 25.3 Å². The van der Waals surface area contributed by atoms with E-state index >= 15 is 0 Å². The smallest absolute Gasteiger partial charge is 0.315 e. The van der Waals surface area contributed by atoms with Crippen LogP contribution in [0.2, 0.25) is 0 Å². The van der Waals surface area contributed by atoms with Crippen LogP contribution in [0.25, 0.3) is 0 Å². The van der Waals surface area contributed by atoms with Crippen molar-refractivity contribution in [3.05, 3.63) is 11.9 Å². The Balaban J connectivity index is 1.43. The molecule has 8 heteroatoms. The van der Waals surface area contributed by atoms with Gasteiger partial charge in [-0.3, -0.25) is 4.79 Å². The highest BCUT2D eigenvalue weighted by molar-refractivity contribution is 5.82. The second kappa shape index (κ2) is 5.94. The summed E-state index contributed by atoms with van der Waals surface area (Å²) in [5.41, 5.74) is 0.716. The van der Waals surface area contributed by atoms with Gasteiger partial charge in [-0.05, 0) is 19.3 Å². The number of carbonyl (C=O) groups is 2. The van der Waals surface area contributed by atoms with Gasteiger partial charge < -0.3 is 15.5 Å². The predicted molar refractivity (Wildman–Crippen MR) is 78.8 cm³/mol. The molecule has 1 aromatic heterocycles. The lowest BCUT2D eigenvalue weighted by Gasteiger charge is -2.17. The SMILES string of the molecule is CCn1ncc(CNC(=O)NC2CC(=O)N(C3CC3C)C2)n1. The summed E-state index contributed by atoms with van der Waals surface area (Å²) < 4.78 is 0. The van der Waals surface area contributed by atoms with Crippen molar-refractivity contribution >= 4 is 11.9 Å². The Labute approximate surface area is 129 Å². The van der Waals surface area contributed by atoms with Crippen LogP contribution in [0.15, 0.2) is 6.20 Å². The summed E-state index contributed by atoms with van der Waals surface area (Å²) in [6.07, 6.45) is 3.11. The molecular formula is C14H22N6O2. The van der Waals surface area contributed by atoms with Crippen LogP contribution in [0.4, 0.5) is 4.79 Å². The van der Waals surface area contributed by atoms with Gasteiger partial charge in [-0.1, -0.05) is 6.92 Å². The summed E-state index contributed by atoms with van der Waals surface area (Å²) in [7, 11) is 0. The van der Waals surface area contributed by atoms with Gasteiger partial charge in [0.1, 0.15) is 5.69 Å². The minimum atomic E-state index is -0.269. The number of nitrogens with zero attached hydrogens (tertiary/aromatic N) is 4. The molecule has 3 rings (SSSR count). The zero-order chi connectivity index (χ0) is 15.7. The van der Waals surface area contributed by atoms with Gasteiger partial charge in [-0.2, -0.15) is 15.0 Å². The second-order valence-corrected chi connectivity index (χ2v) is 6.08. The number of nitrogens with one attached hydrogen (secondary N) is 2. The fourth-order valence-corrected chi connectivity index (χ4v) is 2.86. The standard InChI is InChI=1S/C14H22N6O2/c1-3-20-16-7-11(18-20)6-15-14(22)17-10-5-13(21)19(8-10)12-4-9(12)2/h7,9-10,12H,3-6,8H2,1-2H3,(H2,15,17,22). The molecule has 1 aliphatic heterocycles. The Morgan fingerprint density at radius 1 is 1.50 bits per heavy atom. The maximum Gasteiger partial charge on any atom is 0.315 e. The van der Waals surface area contributed by atoms with Crippen LogP contribution >= 0.6 is 0 Å². The maximum absolute atomic E-state index is 11.9. The molecule has 1 saturated carbocycles. The van der Waals surface area contributed by atoms with E-state index in [9.17, 15) is 9.59 Å². The monoisotopic (exact) mass is 306 g/mol. The zero-order valence-electron chi connectivity index (χ0n) is 13.0. The molecule has 1 aromatic rings. The first-order valence-electron chi connectivity index (χ1n) is 7.79. The van der Waals surface area contributed by atoms with Crippen LogP contribution in [0.3, 0.4) is 0 Å². The van der Waals surface area contributed by atoms with Crippen LogP contribution in [0.5, 0.6) is 0 Å². The summed E-state index contributed by atoms with van der Waals surface area (Å²) in [5.74, 6) is 0.739. The molecule has 0 radical (unpaired) electrons. The van der Waals surface area contributed by atoms with Crippen LogP contribution in [-0.2, 0) is 17.9 Å². The molecule has 1 aliphatic carbocycles. The lowest BCUT2D eigenvalue weighted by atomic mass is 10.2. The minimum Gasteiger partial charge on any atom is -0.337 e. The summed E-state index contributed by atoms with van der Waals surface area (Å²) >= 11 is 0. The highest BCUT2D eigenvalue weighted by atomic mass is 16.2. The van der Waals surface area contributed by atoms with E-state index < -0.39 is 0 Å². The molecule has 0 bridgehead atoms. The molecule has 2 aliphatic rings. The lowest BCUT2D eigenvalue weighted by molar-refractivity contribution is -0.128. The third-order valence-corrected chi connectivity index (χ3v) is 4.26. The third kappa shape index (κ3) is 3.20. The van der Waals surface area contributed by atoms with E-state index in [-0.39, 0.29) is 18.0 Å². The molecule has 0 aromatic carbocycles. The predicted octanol–water partition coefficient (Wildman–Crippen LogP) is 0.107. The summed E-state index contributed by atoms with van der Waals surface area (Å²) in [4.78, 5) is 27.3. The first kappa shape index (κ1) is 14.8. The van der Waals surface area contributed by atoms with E-state index in [1.807, 2.05) is 11.8 Å². The van der Waals surface area contributed by atoms with Crippen LogP contribution in [0, 0.1) is 5.92 Å². The molecule has 2 heterocycles. The van der Waals surface area contributed by atoms with Gasteiger partial charge in [0.25, 0.3) is 0 Å². The number of hydrogen-bond acceptors (Lipinski definition) is 4. The number of amides is 3. The number of hydrogen-bond donors (Lipinski definition) is 2. The Bertz CT molecular complexity index is 571. The molecule has 3 amide bonds. The van der Waals surface area contributed by atoms with Crippen molar-refractivity contribution in [3.8, 4) is 0 Å². The Morgan fingerprint density at radius 3 is 2.91 bits per heavy atom. The van der Waals surface area contributed by atoms with Crippen molar-refractivity contribution < 1.29 is 9.59 Å². The molecule has 3 unspecified atom stereocenters. The summed E-state index contributed by atoms with van der Waals surface area (Å²) in [5, 5.41) is 13.9. The summed E-state index contributed by atoms with van der Waals surface area (Å²) in [6.45, 7) is 5.75. The van der Waals surface area contributed by atoms with Crippen LogP contribution in [-0.4, -0.2) is 50.5 Å². The largest absolute Gasteiger partial charge is 0.337 e. The quantitative estimate of drug-likeness (QED) is 0.807. The van der Waals surface area contributed by atoms with Crippen molar-refractivity contribution in [2.75, 3.05) is 6.54 Å². The van der Waals surface area contributed by atoms with Crippen molar-refractivity contribution in [1.82, 2.24) is 30.5 Å². The molecule has 8 nitrogen and oxygen atoms in total. The maximum atomic E-state index is 11.9. The average molecular weight is 306 g/mol. The Kier molecular flexibility index (Phi) is 4.00. The van der Waals surface area contributed by atoms with E-state index in [1.54, 1.807) is 11.0 Å². The zero-order valence-corrected chi connectivity index (χ0v) is 13.0. The van der Waals surface area contributed by atoms with Gasteiger partial charge in [-0.25, -0.2) is 4.79 Å². The molecule has 0 spiro atoms.